The third kappa shape index (κ3) is 6.23. The number of urea groups is 1. The van der Waals surface area contributed by atoms with E-state index in [0.29, 0.717) is 34.0 Å². The first-order valence-electron chi connectivity index (χ1n) is 11.7. The number of hydrogen-bond acceptors (Lipinski definition) is 6. The molecule has 0 aliphatic heterocycles. The van der Waals surface area contributed by atoms with Crippen molar-refractivity contribution in [3.05, 3.63) is 71.9 Å². The molecule has 1 aromatic heterocycles. The lowest BCUT2D eigenvalue weighted by Gasteiger charge is -2.16. The van der Waals surface area contributed by atoms with Gasteiger partial charge >= 0.3 is 12.2 Å². The molecular formula is C27H26F3N5O3. The average Bonchev–Trinajstić information content (AvgIpc) is 2.84. The number of aryl methyl sites for hydroxylation is 1. The van der Waals surface area contributed by atoms with Gasteiger partial charge in [0.2, 0.25) is 11.8 Å². The van der Waals surface area contributed by atoms with E-state index in [4.69, 9.17) is 9.47 Å². The number of carbonyl (C=O) groups is 1. The summed E-state index contributed by atoms with van der Waals surface area (Å²) in [5.74, 6) is 1.38. The molecule has 0 radical (unpaired) electrons. The number of hydrogen-bond donors (Lipinski definition) is 3. The van der Waals surface area contributed by atoms with E-state index in [9.17, 15) is 18.0 Å². The minimum Gasteiger partial charge on any atom is -0.495 e. The molecule has 3 N–H and O–H groups in total. The Kier molecular flexibility index (Phi) is 7.56. The van der Waals surface area contributed by atoms with E-state index in [-0.39, 0.29) is 17.5 Å². The SMILES string of the molecule is COc1ccc(C(F)(F)F)cc1NC(=O)Nc1ccc(Oc2cc(C)nc(NC(C)C)n2)c2ccccc12. The Labute approximate surface area is 217 Å². The van der Waals surface area contributed by atoms with E-state index in [1.807, 2.05) is 32.9 Å². The summed E-state index contributed by atoms with van der Waals surface area (Å²) in [5, 5.41) is 9.63. The molecule has 0 aliphatic carbocycles. The molecule has 0 unspecified atom stereocenters. The van der Waals surface area contributed by atoms with Gasteiger partial charge in [-0.1, -0.05) is 24.3 Å². The highest BCUT2D eigenvalue weighted by atomic mass is 19.4. The van der Waals surface area contributed by atoms with Gasteiger partial charge in [-0.05, 0) is 51.1 Å². The molecule has 2 amide bonds. The first kappa shape index (κ1) is 26.5. The minimum atomic E-state index is -4.57. The average molecular weight is 526 g/mol. The third-order valence-electron chi connectivity index (χ3n) is 5.37. The first-order valence-corrected chi connectivity index (χ1v) is 11.7. The molecule has 0 saturated carbocycles. The minimum absolute atomic E-state index is 0.0910. The van der Waals surface area contributed by atoms with E-state index in [1.54, 1.807) is 30.3 Å². The quantitative estimate of drug-likeness (QED) is 0.236. The van der Waals surface area contributed by atoms with Gasteiger partial charge in [0, 0.05) is 28.6 Å². The predicted octanol–water partition coefficient (Wildman–Crippen LogP) is 7.22. The molecular weight excluding hydrogens is 499 g/mol. The van der Waals surface area contributed by atoms with Crippen molar-refractivity contribution in [3.63, 3.8) is 0 Å². The number of amides is 2. The summed E-state index contributed by atoms with van der Waals surface area (Å²) in [6, 6.07) is 14.5. The highest BCUT2D eigenvalue weighted by Crippen LogP contribution is 2.36. The van der Waals surface area contributed by atoms with Crippen LogP contribution in [0.5, 0.6) is 17.4 Å². The topological polar surface area (TPSA) is 97.4 Å². The van der Waals surface area contributed by atoms with Crippen LogP contribution in [0, 0.1) is 6.92 Å². The van der Waals surface area contributed by atoms with E-state index in [1.165, 1.54) is 7.11 Å². The van der Waals surface area contributed by atoms with E-state index < -0.39 is 17.8 Å². The number of aromatic nitrogens is 2. The number of nitrogens with one attached hydrogen (secondary N) is 3. The number of rotatable bonds is 7. The van der Waals surface area contributed by atoms with Crippen LogP contribution in [0.15, 0.2) is 60.7 Å². The predicted molar refractivity (Wildman–Crippen MR) is 140 cm³/mol. The molecule has 0 atom stereocenters. The number of alkyl halides is 3. The van der Waals surface area contributed by atoms with E-state index in [2.05, 4.69) is 25.9 Å². The summed E-state index contributed by atoms with van der Waals surface area (Å²) in [7, 11) is 1.30. The molecule has 3 aromatic carbocycles. The van der Waals surface area contributed by atoms with Crippen LogP contribution < -0.4 is 25.4 Å². The fourth-order valence-electron chi connectivity index (χ4n) is 3.75. The molecule has 8 nitrogen and oxygen atoms in total. The Morgan fingerprint density at radius 1 is 0.895 bits per heavy atom. The zero-order chi connectivity index (χ0) is 27.4. The van der Waals surface area contributed by atoms with Crippen molar-refractivity contribution >= 4 is 34.1 Å². The van der Waals surface area contributed by atoms with Gasteiger partial charge in [0.05, 0.1) is 24.0 Å². The van der Waals surface area contributed by atoms with Crippen molar-refractivity contribution in [2.75, 3.05) is 23.1 Å². The van der Waals surface area contributed by atoms with Crippen molar-refractivity contribution in [2.24, 2.45) is 0 Å². The lowest BCUT2D eigenvalue weighted by atomic mass is 10.1. The molecule has 198 valence electrons. The molecule has 1 heterocycles. The van der Waals surface area contributed by atoms with Crippen LogP contribution in [0.4, 0.5) is 35.3 Å². The van der Waals surface area contributed by atoms with Gasteiger partial charge in [0.1, 0.15) is 11.5 Å². The van der Waals surface area contributed by atoms with Crippen molar-refractivity contribution < 1.29 is 27.4 Å². The molecule has 0 aliphatic rings. The molecule has 4 aromatic rings. The molecule has 0 fully saturated rings. The lowest BCUT2D eigenvalue weighted by molar-refractivity contribution is -0.137. The number of methoxy groups -OCH3 is 1. The van der Waals surface area contributed by atoms with Gasteiger partial charge in [0.25, 0.3) is 0 Å². The van der Waals surface area contributed by atoms with Crippen molar-refractivity contribution in [2.45, 2.75) is 33.0 Å². The number of nitrogens with zero attached hydrogens (tertiary/aromatic N) is 2. The van der Waals surface area contributed by atoms with Crippen LogP contribution in [-0.2, 0) is 6.18 Å². The van der Waals surface area contributed by atoms with Crippen LogP contribution in [-0.4, -0.2) is 29.2 Å². The first-order chi connectivity index (χ1) is 18.0. The molecule has 4 rings (SSSR count). The summed E-state index contributed by atoms with van der Waals surface area (Å²) in [5.41, 5.74) is 0.126. The maximum absolute atomic E-state index is 13.2. The van der Waals surface area contributed by atoms with Gasteiger partial charge in [-0.3, -0.25) is 0 Å². The molecule has 0 bridgehead atoms. The third-order valence-corrected chi connectivity index (χ3v) is 5.37. The van der Waals surface area contributed by atoms with Gasteiger partial charge in [0.15, 0.2) is 0 Å². The fourth-order valence-corrected chi connectivity index (χ4v) is 3.75. The van der Waals surface area contributed by atoms with Crippen molar-refractivity contribution in [1.82, 2.24) is 9.97 Å². The number of ether oxygens (including phenoxy) is 2. The Morgan fingerprint density at radius 3 is 2.26 bits per heavy atom. The molecule has 0 spiro atoms. The summed E-state index contributed by atoms with van der Waals surface area (Å²) < 4.78 is 50.7. The number of benzene rings is 3. The second kappa shape index (κ2) is 10.8. The van der Waals surface area contributed by atoms with Crippen LogP contribution in [0.1, 0.15) is 25.1 Å². The second-order valence-corrected chi connectivity index (χ2v) is 8.72. The standard InChI is InChI=1S/C27H26F3N5O3/c1-15(2)31-25-32-16(3)13-24(35-25)38-22-12-10-20(18-7-5-6-8-19(18)22)33-26(36)34-21-14-17(27(28,29)30)9-11-23(21)37-4/h5-15H,1-4H3,(H,31,32,35)(H2,33,34,36). The molecule has 38 heavy (non-hydrogen) atoms. The van der Waals surface area contributed by atoms with Gasteiger partial charge in [-0.25, -0.2) is 9.78 Å². The monoisotopic (exact) mass is 525 g/mol. The Bertz CT molecular complexity index is 1470. The van der Waals surface area contributed by atoms with Crippen LogP contribution in [0.2, 0.25) is 0 Å². The Balaban J connectivity index is 1.60. The van der Waals surface area contributed by atoms with Crippen molar-refractivity contribution in [3.8, 4) is 17.4 Å². The Hall–Kier alpha value is -4.54. The van der Waals surface area contributed by atoms with Crippen LogP contribution in [0.3, 0.4) is 0 Å². The molecule has 0 saturated heterocycles. The zero-order valence-electron chi connectivity index (χ0n) is 21.1. The highest BCUT2D eigenvalue weighted by molar-refractivity contribution is 6.08. The van der Waals surface area contributed by atoms with E-state index >= 15 is 0 Å². The van der Waals surface area contributed by atoms with Crippen LogP contribution in [0.25, 0.3) is 10.8 Å². The summed E-state index contributed by atoms with van der Waals surface area (Å²) in [6.07, 6.45) is -4.57. The van der Waals surface area contributed by atoms with Crippen molar-refractivity contribution in [1.29, 1.82) is 0 Å². The number of fused-ring (bicyclic) bond motifs is 1. The normalized spacial score (nSPS) is 11.4. The number of anilines is 3. The maximum atomic E-state index is 13.2. The number of halogens is 3. The van der Waals surface area contributed by atoms with Crippen LogP contribution >= 0.6 is 0 Å². The molecule has 11 heteroatoms. The second-order valence-electron chi connectivity index (χ2n) is 8.72. The highest BCUT2D eigenvalue weighted by Gasteiger charge is 2.31. The smallest absolute Gasteiger partial charge is 0.416 e. The Morgan fingerprint density at radius 2 is 1.58 bits per heavy atom. The summed E-state index contributed by atoms with van der Waals surface area (Å²) >= 11 is 0. The maximum Gasteiger partial charge on any atom is 0.416 e. The fraction of sp³-hybridized carbons (Fsp3) is 0.222. The largest absolute Gasteiger partial charge is 0.495 e. The lowest BCUT2D eigenvalue weighted by Crippen LogP contribution is -2.20. The van der Waals surface area contributed by atoms with Gasteiger partial charge < -0.3 is 25.4 Å². The summed E-state index contributed by atoms with van der Waals surface area (Å²) in [6.45, 7) is 5.79. The van der Waals surface area contributed by atoms with E-state index in [0.717, 1.165) is 23.9 Å². The van der Waals surface area contributed by atoms with Gasteiger partial charge in [-0.15, -0.1) is 0 Å². The number of carbonyl (C=O) groups excluding carboxylic acids is 1. The zero-order valence-corrected chi connectivity index (χ0v) is 21.1. The van der Waals surface area contributed by atoms with Gasteiger partial charge in [-0.2, -0.15) is 18.2 Å². The summed E-state index contributed by atoms with van der Waals surface area (Å²) in [4.78, 5) is 21.6.